The van der Waals surface area contributed by atoms with Gasteiger partial charge in [0.25, 0.3) is 6.71 Å². The number of para-hydroxylation sites is 2. The molecule has 4 fully saturated rings. The van der Waals surface area contributed by atoms with Crippen LogP contribution in [0, 0.1) is 31.6 Å². The van der Waals surface area contributed by atoms with E-state index in [1.807, 2.05) is 0 Å². The van der Waals surface area contributed by atoms with E-state index in [9.17, 15) is 0 Å². The lowest BCUT2D eigenvalue weighted by Crippen LogP contribution is -2.61. The Bertz CT molecular complexity index is 2570. The second kappa shape index (κ2) is 11.2. The minimum absolute atomic E-state index is 0.0340. The zero-order valence-corrected chi connectivity index (χ0v) is 34.0. The maximum Gasteiger partial charge on any atom is 0.297 e. The van der Waals surface area contributed by atoms with Crippen molar-refractivity contribution in [1.29, 1.82) is 0 Å². The van der Waals surface area contributed by atoms with Crippen molar-refractivity contribution in [2.24, 2.45) is 17.8 Å². The van der Waals surface area contributed by atoms with Crippen LogP contribution in [0.5, 0.6) is 0 Å². The van der Waals surface area contributed by atoms with Crippen LogP contribution in [0.3, 0.4) is 0 Å². The summed E-state index contributed by atoms with van der Waals surface area (Å²) in [5.74, 6) is 2.71. The number of nitrogens with zero attached hydrogens (tertiary/aromatic N) is 2. The molecule has 0 N–H and O–H groups in total. The van der Waals surface area contributed by atoms with E-state index in [0.717, 1.165) is 29.0 Å². The first kappa shape index (κ1) is 33.4. The van der Waals surface area contributed by atoms with Gasteiger partial charge in [-0.1, -0.05) is 82.3 Å². The smallest absolute Gasteiger partial charge is 0.297 e. The van der Waals surface area contributed by atoms with E-state index in [1.165, 1.54) is 124 Å². The van der Waals surface area contributed by atoms with E-state index in [4.69, 9.17) is 4.42 Å². The molecule has 4 saturated carbocycles. The van der Waals surface area contributed by atoms with Gasteiger partial charge in [0.05, 0.1) is 17.0 Å². The molecule has 4 bridgehead atoms. The summed E-state index contributed by atoms with van der Waals surface area (Å²) in [6.45, 7) is 14.4. The average molecular weight is 733 g/mol. The van der Waals surface area contributed by atoms with Crippen LogP contribution in [-0.2, 0) is 16.2 Å². The zero-order valence-electron chi connectivity index (χ0n) is 34.0. The van der Waals surface area contributed by atoms with Gasteiger partial charge >= 0.3 is 0 Å². The van der Waals surface area contributed by atoms with Crippen molar-refractivity contribution in [2.45, 2.75) is 109 Å². The summed E-state index contributed by atoms with van der Waals surface area (Å²) in [4.78, 5) is 5.18. The molecule has 0 spiro atoms. The van der Waals surface area contributed by atoms with E-state index in [0.29, 0.717) is 5.41 Å². The van der Waals surface area contributed by atoms with Crippen LogP contribution in [0.4, 0.5) is 34.1 Å². The standard InChI is InChI=1S/C52H53BN2O/c1-31-12-10-13-32(2)47(31)55-43-17-11-16-42-46(43)53(41-26-39-40(27-44(41)55)51(5,6)21-20-50(39,3)4)49-48(54(42)37-14-8-7-9-15-37)38-25-36(18-19-45(38)56-49)52-28-33-22-34(29-52)24-35(23-33)30-52/h7-19,25-27,33-35H,20-24,28-30H2,1-6H3/t33-,34-,35?,52-/m1/s1. The van der Waals surface area contributed by atoms with Gasteiger partial charge in [0.1, 0.15) is 5.58 Å². The van der Waals surface area contributed by atoms with Gasteiger partial charge in [0, 0.05) is 28.1 Å². The van der Waals surface area contributed by atoms with Crippen molar-refractivity contribution in [3.05, 3.63) is 125 Å². The minimum Gasteiger partial charge on any atom is -0.468 e. The fourth-order valence-corrected chi connectivity index (χ4v) is 13.5. The van der Waals surface area contributed by atoms with E-state index in [1.54, 1.807) is 5.56 Å². The van der Waals surface area contributed by atoms with Gasteiger partial charge in [-0.2, -0.15) is 0 Å². The lowest BCUT2D eigenvalue weighted by atomic mass is 9.35. The Hall–Kier alpha value is -4.70. The topological polar surface area (TPSA) is 19.6 Å². The summed E-state index contributed by atoms with van der Waals surface area (Å²) in [6, 6.07) is 37.5. The average Bonchev–Trinajstić information content (AvgIpc) is 3.55. The maximum atomic E-state index is 7.39. The molecule has 13 rings (SSSR count). The number of aryl methyl sites for hydroxylation is 2. The van der Waals surface area contributed by atoms with Gasteiger partial charge in [0.15, 0.2) is 0 Å². The Kier molecular flexibility index (Phi) is 6.71. The SMILES string of the molecule is Cc1cccc(C)c1N1c2cc3c(cc2B2c4oc5ccc([C@]67CC8C[C@@H](C[C@H](C8)C6)C7)cc5c4N(c4ccccc4)c4cccc1c42)C(C)(C)CCC3(C)C. The quantitative estimate of drug-likeness (QED) is 0.169. The van der Waals surface area contributed by atoms with Crippen LogP contribution < -0.4 is 26.4 Å². The monoisotopic (exact) mass is 732 g/mol. The molecule has 0 saturated heterocycles. The zero-order chi connectivity index (χ0) is 37.9. The molecule has 1 aromatic heterocycles. The van der Waals surface area contributed by atoms with Crippen molar-refractivity contribution >= 4 is 68.4 Å². The molecular formula is C52H53BN2O. The van der Waals surface area contributed by atoms with Crippen molar-refractivity contribution < 1.29 is 4.42 Å². The van der Waals surface area contributed by atoms with Crippen LogP contribution in [0.25, 0.3) is 11.0 Å². The van der Waals surface area contributed by atoms with Crippen LogP contribution in [0.1, 0.15) is 107 Å². The summed E-state index contributed by atoms with van der Waals surface area (Å²) in [6.07, 6.45) is 10.8. The summed E-state index contributed by atoms with van der Waals surface area (Å²) in [5, 5.41) is 1.27. The number of hydrogen-bond acceptors (Lipinski definition) is 3. The van der Waals surface area contributed by atoms with Crippen LogP contribution in [0.2, 0.25) is 0 Å². The van der Waals surface area contributed by atoms with E-state index in [2.05, 4.69) is 148 Å². The van der Waals surface area contributed by atoms with Gasteiger partial charge in [0.2, 0.25) is 0 Å². The third kappa shape index (κ3) is 4.48. The van der Waals surface area contributed by atoms with Crippen LogP contribution in [-0.4, -0.2) is 6.71 Å². The first-order valence-corrected chi connectivity index (χ1v) is 21.6. The van der Waals surface area contributed by atoms with Gasteiger partial charge in [-0.3, -0.25) is 0 Å². The molecule has 5 aliphatic carbocycles. The molecular weight excluding hydrogens is 679 g/mol. The Morgan fingerprint density at radius 1 is 0.607 bits per heavy atom. The normalized spacial score (nSPS) is 25.9. The molecule has 3 nitrogen and oxygen atoms in total. The highest BCUT2D eigenvalue weighted by molar-refractivity contribution is 7.00. The molecule has 0 atom stereocenters. The van der Waals surface area contributed by atoms with E-state index < -0.39 is 0 Å². The first-order valence-electron chi connectivity index (χ1n) is 21.6. The first-order chi connectivity index (χ1) is 27.0. The predicted octanol–water partition coefficient (Wildman–Crippen LogP) is 11.9. The van der Waals surface area contributed by atoms with Gasteiger partial charge in [-0.25, -0.2) is 0 Å². The minimum atomic E-state index is -0.0340. The Labute approximate surface area is 333 Å². The highest BCUT2D eigenvalue weighted by Crippen LogP contribution is 2.61. The van der Waals surface area contributed by atoms with Gasteiger partial charge in [-0.15, -0.1) is 0 Å². The number of hydrogen-bond donors (Lipinski definition) is 0. The fraction of sp³-hybridized carbons (Fsp3) is 0.385. The van der Waals surface area contributed by atoms with Gasteiger partial charge < -0.3 is 14.2 Å². The van der Waals surface area contributed by atoms with Crippen molar-refractivity contribution in [3.63, 3.8) is 0 Å². The second-order valence-corrected chi connectivity index (χ2v) is 20.3. The van der Waals surface area contributed by atoms with Gasteiger partial charge in [-0.05, 0) is 180 Å². The number of fused-ring (bicyclic) bond motifs is 7. The lowest BCUT2D eigenvalue weighted by Gasteiger charge is -2.57. The highest BCUT2D eigenvalue weighted by atomic mass is 16.3. The number of benzene rings is 5. The summed E-state index contributed by atoms with van der Waals surface area (Å²) >= 11 is 0. The Morgan fingerprint density at radius 2 is 1.21 bits per heavy atom. The molecule has 0 radical (unpaired) electrons. The Balaban J connectivity index is 1.17. The van der Waals surface area contributed by atoms with E-state index in [-0.39, 0.29) is 17.5 Å². The molecule has 56 heavy (non-hydrogen) atoms. The lowest BCUT2D eigenvalue weighted by molar-refractivity contribution is -0.00513. The maximum absolute atomic E-state index is 7.39. The van der Waals surface area contributed by atoms with Crippen LogP contribution >= 0.6 is 0 Å². The number of anilines is 6. The number of furan rings is 1. The Morgan fingerprint density at radius 3 is 1.88 bits per heavy atom. The highest BCUT2D eigenvalue weighted by Gasteiger charge is 2.53. The molecule has 280 valence electrons. The summed E-state index contributed by atoms with van der Waals surface area (Å²) in [7, 11) is 0. The fourth-order valence-electron chi connectivity index (χ4n) is 13.5. The number of rotatable bonds is 3. The third-order valence-corrected chi connectivity index (χ3v) is 15.9. The molecule has 5 aromatic carbocycles. The molecule has 6 aromatic rings. The summed E-state index contributed by atoms with van der Waals surface area (Å²) in [5.41, 5.74) is 19.9. The molecule has 2 aliphatic heterocycles. The molecule has 0 unspecified atom stereocenters. The summed E-state index contributed by atoms with van der Waals surface area (Å²) < 4.78 is 7.39. The molecule has 4 heteroatoms. The predicted molar refractivity (Wildman–Crippen MR) is 235 cm³/mol. The second-order valence-electron chi connectivity index (χ2n) is 20.3. The van der Waals surface area contributed by atoms with Crippen molar-refractivity contribution in [3.8, 4) is 0 Å². The third-order valence-electron chi connectivity index (χ3n) is 15.9. The molecule has 7 aliphatic rings. The molecule has 3 heterocycles. The van der Waals surface area contributed by atoms with Crippen LogP contribution in [0.15, 0.2) is 101 Å². The van der Waals surface area contributed by atoms with Crippen molar-refractivity contribution in [2.75, 3.05) is 9.80 Å². The largest absolute Gasteiger partial charge is 0.468 e. The van der Waals surface area contributed by atoms with E-state index >= 15 is 0 Å². The molecule has 0 amide bonds. The van der Waals surface area contributed by atoms with Crippen molar-refractivity contribution in [1.82, 2.24) is 0 Å².